The summed E-state index contributed by atoms with van der Waals surface area (Å²) in [5.74, 6) is 1.74. The molecule has 0 amide bonds. The first kappa shape index (κ1) is 27.2. The molecule has 2 saturated heterocycles. The highest BCUT2D eigenvalue weighted by atomic mass is 35.5. The number of benzene rings is 2. The molecule has 198 valence electrons. The molecule has 1 aromatic heterocycles. The number of hydrogen-bond donors (Lipinski definition) is 0. The summed E-state index contributed by atoms with van der Waals surface area (Å²) in [6.45, 7) is 5.88. The minimum absolute atomic E-state index is 0.145. The average molecular weight is 578 g/mol. The molecule has 0 saturated carbocycles. The van der Waals surface area contributed by atoms with Crippen LogP contribution in [0.1, 0.15) is 35.4 Å². The molecule has 37 heavy (non-hydrogen) atoms. The molecule has 0 bridgehead atoms. The van der Waals surface area contributed by atoms with Crippen molar-refractivity contribution < 1.29 is 8.42 Å². The van der Waals surface area contributed by atoms with Crippen LogP contribution in [0.3, 0.4) is 0 Å². The fraction of sp³-hybridized carbons (Fsp3) is 0.448. The Bertz CT molecular complexity index is 1260. The first-order chi connectivity index (χ1) is 17.8. The predicted octanol–water partition coefficient (Wildman–Crippen LogP) is 6.60. The van der Waals surface area contributed by atoms with E-state index in [1.807, 2.05) is 48.5 Å². The zero-order chi connectivity index (χ0) is 25.8. The Morgan fingerprint density at radius 1 is 0.946 bits per heavy atom. The van der Waals surface area contributed by atoms with Crippen molar-refractivity contribution in [3.8, 4) is 0 Å². The summed E-state index contributed by atoms with van der Waals surface area (Å²) in [5.41, 5.74) is 3.43. The first-order valence-electron chi connectivity index (χ1n) is 13.0. The molecule has 0 spiro atoms. The lowest BCUT2D eigenvalue weighted by Crippen LogP contribution is -2.40. The van der Waals surface area contributed by atoms with Crippen LogP contribution in [0.5, 0.6) is 0 Å². The van der Waals surface area contributed by atoms with E-state index in [2.05, 4.69) is 26.6 Å². The number of piperidine rings is 1. The van der Waals surface area contributed by atoms with E-state index in [9.17, 15) is 8.42 Å². The van der Waals surface area contributed by atoms with Gasteiger partial charge in [-0.25, -0.2) is 8.42 Å². The molecule has 2 fully saturated rings. The molecule has 3 aromatic rings. The van der Waals surface area contributed by atoms with Gasteiger partial charge in [0.05, 0.1) is 11.5 Å². The van der Waals surface area contributed by atoms with Crippen LogP contribution in [0.15, 0.2) is 65.4 Å². The van der Waals surface area contributed by atoms with Crippen molar-refractivity contribution in [2.75, 3.05) is 38.5 Å². The smallest absolute Gasteiger partial charge is 0.154 e. The lowest BCUT2D eigenvalue weighted by Gasteiger charge is -2.34. The van der Waals surface area contributed by atoms with Gasteiger partial charge in [-0.3, -0.25) is 4.90 Å². The van der Waals surface area contributed by atoms with E-state index >= 15 is 0 Å². The van der Waals surface area contributed by atoms with Gasteiger partial charge in [-0.05, 0) is 83.4 Å². The SMILES string of the molecule is O=S(=O)(Cc1ccccc1)CC1CCN(C[C@H]2CN(Cc3ccc(Cl)cc3Cl)C[C@@H]2c2ccsc2)CC1. The molecular formula is C29H34Cl2N2O2S2. The van der Waals surface area contributed by atoms with Gasteiger partial charge in [-0.1, -0.05) is 59.6 Å². The van der Waals surface area contributed by atoms with Crippen molar-refractivity contribution in [3.63, 3.8) is 0 Å². The highest BCUT2D eigenvalue weighted by molar-refractivity contribution is 7.90. The molecule has 2 aliphatic heterocycles. The van der Waals surface area contributed by atoms with Crippen LogP contribution in [0.2, 0.25) is 10.0 Å². The number of rotatable bonds is 9. The summed E-state index contributed by atoms with van der Waals surface area (Å²) in [5, 5.41) is 5.86. The summed E-state index contributed by atoms with van der Waals surface area (Å²) in [6, 6.07) is 17.6. The van der Waals surface area contributed by atoms with Crippen molar-refractivity contribution in [2.45, 2.75) is 31.1 Å². The minimum atomic E-state index is -3.10. The van der Waals surface area contributed by atoms with E-state index in [1.54, 1.807) is 11.3 Å². The quantitative estimate of drug-likeness (QED) is 0.288. The molecule has 0 N–H and O–H groups in total. The zero-order valence-electron chi connectivity index (χ0n) is 20.9. The Kier molecular flexibility index (Phi) is 8.95. The maximum Gasteiger partial charge on any atom is 0.154 e. The van der Waals surface area contributed by atoms with Gasteiger partial charge in [0.15, 0.2) is 9.84 Å². The van der Waals surface area contributed by atoms with E-state index in [0.717, 1.165) is 68.3 Å². The second-order valence-corrected chi connectivity index (χ2v) is 14.4. The Morgan fingerprint density at radius 3 is 2.43 bits per heavy atom. The monoisotopic (exact) mass is 576 g/mol. The van der Waals surface area contributed by atoms with Gasteiger partial charge in [0.25, 0.3) is 0 Å². The molecule has 8 heteroatoms. The number of thiophene rings is 1. The van der Waals surface area contributed by atoms with Gasteiger partial charge in [0.1, 0.15) is 0 Å². The molecule has 0 aliphatic carbocycles. The highest BCUT2D eigenvalue weighted by Crippen LogP contribution is 2.36. The van der Waals surface area contributed by atoms with Crippen molar-refractivity contribution in [1.29, 1.82) is 0 Å². The number of sulfone groups is 1. The first-order valence-corrected chi connectivity index (χ1v) is 16.5. The summed E-state index contributed by atoms with van der Waals surface area (Å²) < 4.78 is 25.6. The fourth-order valence-electron chi connectivity index (χ4n) is 5.94. The standard InChI is InChI=1S/C29H34Cl2N2O2S2/c30-27-7-6-24(29(31)14-27)15-33-17-26(28(18-33)25-10-13-36-19-25)16-32-11-8-23(9-12-32)21-37(34,35)20-22-4-2-1-3-5-22/h1-7,10,13-14,19,23,26,28H,8-9,11-12,15-18,20-21H2/t26-,28+/m0/s1. The van der Waals surface area contributed by atoms with Crippen LogP contribution < -0.4 is 0 Å². The topological polar surface area (TPSA) is 40.6 Å². The van der Waals surface area contributed by atoms with Gasteiger partial charge in [-0.2, -0.15) is 11.3 Å². The van der Waals surface area contributed by atoms with Crippen LogP contribution in [-0.2, 0) is 22.1 Å². The zero-order valence-corrected chi connectivity index (χ0v) is 24.1. The summed E-state index contributed by atoms with van der Waals surface area (Å²) in [6.07, 6.45) is 1.90. The van der Waals surface area contributed by atoms with Crippen molar-refractivity contribution in [3.05, 3.63) is 92.1 Å². The van der Waals surface area contributed by atoms with Crippen LogP contribution in [0, 0.1) is 11.8 Å². The maximum atomic E-state index is 12.8. The molecule has 2 aromatic carbocycles. The van der Waals surface area contributed by atoms with Crippen LogP contribution in [0.25, 0.3) is 0 Å². The van der Waals surface area contributed by atoms with Crippen molar-refractivity contribution in [2.24, 2.45) is 11.8 Å². The summed E-state index contributed by atoms with van der Waals surface area (Å²) >= 11 is 14.3. The van der Waals surface area contributed by atoms with Gasteiger partial charge in [0, 0.05) is 42.1 Å². The fourth-order valence-corrected chi connectivity index (χ4v) is 9.01. The van der Waals surface area contributed by atoms with Gasteiger partial charge < -0.3 is 4.90 Å². The van der Waals surface area contributed by atoms with Gasteiger partial charge in [-0.15, -0.1) is 0 Å². The highest BCUT2D eigenvalue weighted by Gasteiger charge is 2.36. The second kappa shape index (κ2) is 12.2. The maximum absolute atomic E-state index is 12.8. The Labute approximate surface area is 235 Å². The summed E-state index contributed by atoms with van der Waals surface area (Å²) in [7, 11) is -3.10. The van der Waals surface area contributed by atoms with Crippen LogP contribution >= 0.6 is 34.5 Å². The van der Waals surface area contributed by atoms with Gasteiger partial charge in [0.2, 0.25) is 0 Å². The van der Waals surface area contributed by atoms with Crippen molar-refractivity contribution >= 4 is 44.4 Å². The molecule has 5 rings (SSSR count). The average Bonchev–Trinajstić information content (AvgIpc) is 3.52. The van der Waals surface area contributed by atoms with Gasteiger partial charge >= 0.3 is 0 Å². The summed E-state index contributed by atoms with van der Waals surface area (Å²) in [4.78, 5) is 5.08. The number of nitrogens with zero attached hydrogens (tertiary/aromatic N) is 2. The normalized spacial score (nSPS) is 22.0. The lowest BCUT2D eigenvalue weighted by molar-refractivity contribution is 0.163. The third-order valence-electron chi connectivity index (χ3n) is 7.82. The Hall–Kier alpha value is -1.41. The molecule has 0 unspecified atom stereocenters. The van der Waals surface area contributed by atoms with E-state index in [1.165, 1.54) is 5.56 Å². The molecule has 2 aliphatic rings. The number of halogens is 2. The second-order valence-electron chi connectivity index (χ2n) is 10.6. The molecule has 3 heterocycles. The lowest BCUT2D eigenvalue weighted by atomic mass is 9.89. The van der Waals surface area contributed by atoms with Crippen LogP contribution in [-0.4, -0.2) is 56.7 Å². The van der Waals surface area contributed by atoms with E-state index in [0.29, 0.717) is 22.6 Å². The molecule has 4 nitrogen and oxygen atoms in total. The third kappa shape index (κ3) is 7.37. The van der Waals surface area contributed by atoms with Crippen molar-refractivity contribution in [1.82, 2.24) is 9.80 Å². The Morgan fingerprint density at radius 2 is 1.73 bits per heavy atom. The Balaban J connectivity index is 1.17. The predicted molar refractivity (Wildman–Crippen MR) is 155 cm³/mol. The van der Waals surface area contributed by atoms with E-state index in [-0.39, 0.29) is 11.7 Å². The third-order valence-corrected chi connectivity index (χ3v) is 10.9. The molecular weight excluding hydrogens is 543 g/mol. The molecule has 2 atom stereocenters. The number of hydrogen-bond acceptors (Lipinski definition) is 5. The van der Waals surface area contributed by atoms with E-state index in [4.69, 9.17) is 23.2 Å². The largest absolute Gasteiger partial charge is 0.303 e. The minimum Gasteiger partial charge on any atom is -0.303 e. The van der Waals surface area contributed by atoms with E-state index < -0.39 is 9.84 Å². The van der Waals surface area contributed by atoms with Crippen LogP contribution in [0.4, 0.5) is 0 Å². The molecule has 0 radical (unpaired) electrons. The number of likely N-dealkylation sites (tertiary alicyclic amines) is 2.